The second-order valence-electron chi connectivity index (χ2n) is 8.93. The number of amides is 2. The summed E-state index contributed by atoms with van der Waals surface area (Å²) < 4.78 is 5.76. The maximum absolute atomic E-state index is 13.3. The number of hydrogen-bond acceptors (Lipinski definition) is 3. The van der Waals surface area contributed by atoms with Crippen molar-refractivity contribution in [2.24, 2.45) is 0 Å². The van der Waals surface area contributed by atoms with Crippen LogP contribution in [0.3, 0.4) is 0 Å². The smallest absolute Gasteiger partial charge is 0.260 e. The number of likely N-dealkylation sites (tertiary alicyclic amines) is 1. The summed E-state index contributed by atoms with van der Waals surface area (Å²) in [5.74, 6) is 0.631. The number of piperidine rings is 1. The zero-order valence-electron chi connectivity index (χ0n) is 18.7. The Kier molecular flexibility index (Phi) is 6.30. The van der Waals surface area contributed by atoms with Crippen molar-refractivity contribution in [2.75, 3.05) is 11.5 Å². The number of carbonyl (C=O) groups is 2. The summed E-state index contributed by atoms with van der Waals surface area (Å²) in [6, 6.07) is 15.9. The Labute approximate surface area is 185 Å². The number of carbonyl (C=O) groups excluding carboxylic acids is 2. The number of nitrogens with zero attached hydrogens (tertiary/aromatic N) is 2. The molecule has 0 bridgehead atoms. The number of anilines is 1. The maximum atomic E-state index is 13.3. The van der Waals surface area contributed by atoms with Gasteiger partial charge in [0.1, 0.15) is 5.75 Å². The van der Waals surface area contributed by atoms with Gasteiger partial charge in [0.05, 0.1) is 0 Å². The molecule has 0 saturated carbocycles. The van der Waals surface area contributed by atoms with Crippen molar-refractivity contribution < 1.29 is 14.3 Å². The third-order valence-electron chi connectivity index (χ3n) is 6.69. The van der Waals surface area contributed by atoms with Gasteiger partial charge in [-0.15, -0.1) is 0 Å². The van der Waals surface area contributed by atoms with E-state index in [4.69, 9.17) is 4.74 Å². The van der Waals surface area contributed by atoms with Gasteiger partial charge in [0, 0.05) is 29.4 Å². The summed E-state index contributed by atoms with van der Waals surface area (Å²) in [6.07, 6.45) is 5.22. The normalized spacial score (nSPS) is 23.3. The van der Waals surface area contributed by atoms with Gasteiger partial charge in [0.2, 0.25) is 0 Å². The SMILES string of the molecule is CC1CCc2ccccc2N1C(=O)c1ccc(OCC(=O)N2C(C)CCCC2C)cc1. The van der Waals surface area contributed by atoms with Crippen LogP contribution < -0.4 is 9.64 Å². The van der Waals surface area contributed by atoms with Crippen molar-refractivity contribution >= 4 is 17.5 Å². The lowest BCUT2D eigenvalue weighted by Gasteiger charge is -2.39. The van der Waals surface area contributed by atoms with Gasteiger partial charge in [0.15, 0.2) is 6.61 Å². The summed E-state index contributed by atoms with van der Waals surface area (Å²) in [5, 5.41) is 0. The number of aryl methyl sites for hydroxylation is 1. The fourth-order valence-corrected chi connectivity index (χ4v) is 4.96. The van der Waals surface area contributed by atoms with E-state index in [0.29, 0.717) is 11.3 Å². The van der Waals surface area contributed by atoms with Crippen LogP contribution in [-0.4, -0.2) is 41.4 Å². The second-order valence-corrected chi connectivity index (χ2v) is 8.93. The molecule has 0 aromatic heterocycles. The first kappa shape index (κ1) is 21.4. The molecule has 2 aliphatic rings. The number of para-hydroxylation sites is 1. The molecule has 1 fully saturated rings. The first-order valence-electron chi connectivity index (χ1n) is 11.4. The number of fused-ring (bicyclic) bond motifs is 1. The molecule has 2 aromatic rings. The lowest BCUT2D eigenvalue weighted by molar-refractivity contribution is -0.139. The van der Waals surface area contributed by atoms with E-state index in [9.17, 15) is 9.59 Å². The summed E-state index contributed by atoms with van der Waals surface area (Å²) in [5.41, 5.74) is 2.84. The minimum atomic E-state index is -0.00163. The second kappa shape index (κ2) is 9.13. The summed E-state index contributed by atoms with van der Waals surface area (Å²) in [7, 11) is 0. The molecular formula is C26H32N2O3. The monoisotopic (exact) mass is 420 g/mol. The molecule has 2 amide bonds. The molecular weight excluding hydrogens is 388 g/mol. The van der Waals surface area contributed by atoms with Crippen LogP contribution in [0.4, 0.5) is 5.69 Å². The Bertz CT molecular complexity index is 930. The van der Waals surface area contributed by atoms with Crippen LogP contribution >= 0.6 is 0 Å². The molecule has 1 saturated heterocycles. The van der Waals surface area contributed by atoms with E-state index < -0.39 is 0 Å². The summed E-state index contributed by atoms with van der Waals surface area (Å²) in [4.78, 5) is 29.8. The van der Waals surface area contributed by atoms with E-state index in [0.717, 1.165) is 31.4 Å². The first-order valence-corrected chi connectivity index (χ1v) is 11.4. The highest BCUT2D eigenvalue weighted by molar-refractivity contribution is 6.07. The maximum Gasteiger partial charge on any atom is 0.260 e. The Morgan fingerprint density at radius 1 is 0.903 bits per heavy atom. The van der Waals surface area contributed by atoms with E-state index in [1.54, 1.807) is 24.3 Å². The van der Waals surface area contributed by atoms with Crippen LogP contribution in [0.15, 0.2) is 48.5 Å². The highest BCUT2D eigenvalue weighted by Crippen LogP contribution is 2.32. The number of ether oxygens (including phenoxy) is 1. The lowest BCUT2D eigenvalue weighted by atomic mass is 9.96. The largest absolute Gasteiger partial charge is 0.484 e. The average molecular weight is 421 g/mol. The Hall–Kier alpha value is -2.82. The molecule has 0 spiro atoms. The van der Waals surface area contributed by atoms with Crippen LogP contribution in [0.2, 0.25) is 0 Å². The van der Waals surface area contributed by atoms with Crippen molar-refractivity contribution in [2.45, 2.75) is 71.0 Å². The average Bonchev–Trinajstić information content (AvgIpc) is 2.77. The summed E-state index contributed by atoms with van der Waals surface area (Å²) in [6.45, 7) is 6.33. The first-order chi connectivity index (χ1) is 15.0. The molecule has 2 aromatic carbocycles. The van der Waals surface area contributed by atoms with Gasteiger partial charge in [-0.05, 0) is 88.8 Å². The Balaban J connectivity index is 1.42. The van der Waals surface area contributed by atoms with Crippen LogP contribution in [0.5, 0.6) is 5.75 Å². The van der Waals surface area contributed by atoms with Gasteiger partial charge in [0.25, 0.3) is 11.8 Å². The lowest BCUT2D eigenvalue weighted by Crippen LogP contribution is -2.49. The van der Waals surface area contributed by atoms with E-state index in [1.165, 1.54) is 12.0 Å². The molecule has 4 rings (SSSR count). The molecule has 2 aliphatic heterocycles. The molecule has 0 radical (unpaired) electrons. The molecule has 5 nitrogen and oxygen atoms in total. The topological polar surface area (TPSA) is 49.9 Å². The van der Waals surface area contributed by atoms with Crippen LogP contribution in [0.25, 0.3) is 0 Å². The zero-order chi connectivity index (χ0) is 22.0. The fraction of sp³-hybridized carbons (Fsp3) is 0.462. The van der Waals surface area contributed by atoms with E-state index >= 15 is 0 Å². The van der Waals surface area contributed by atoms with Gasteiger partial charge in [-0.3, -0.25) is 9.59 Å². The molecule has 0 aliphatic carbocycles. The van der Waals surface area contributed by atoms with Crippen molar-refractivity contribution in [3.63, 3.8) is 0 Å². The molecule has 3 unspecified atom stereocenters. The van der Waals surface area contributed by atoms with Crippen molar-refractivity contribution in [1.29, 1.82) is 0 Å². The van der Waals surface area contributed by atoms with Crippen LogP contribution in [0.1, 0.15) is 62.4 Å². The number of rotatable bonds is 4. The van der Waals surface area contributed by atoms with Gasteiger partial charge < -0.3 is 14.5 Å². The predicted octanol–water partition coefficient (Wildman–Crippen LogP) is 4.84. The minimum absolute atomic E-state index is 0.00163. The Morgan fingerprint density at radius 2 is 1.58 bits per heavy atom. The molecule has 5 heteroatoms. The minimum Gasteiger partial charge on any atom is -0.484 e. The quantitative estimate of drug-likeness (QED) is 0.711. The van der Waals surface area contributed by atoms with E-state index in [2.05, 4.69) is 26.8 Å². The molecule has 3 atom stereocenters. The fourth-order valence-electron chi connectivity index (χ4n) is 4.96. The molecule has 164 valence electrons. The molecule has 2 heterocycles. The highest BCUT2D eigenvalue weighted by Gasteiger charge is 2.30. The Morgan fingerprint density at radius 3 is 2.29 bits per heavy atom. The third kappa shape index (κ3) is 4.46. The summed E-state index contributed by atoms with van der Waals surface area (Å²) >= 11 is 0. The van der Waals surface area contributed by atoms with Gasteiger partial charge in [-0.25, -0.2) is 0 Å². The molecule has 0 N–H and O–H groups in total. The standard InChI is InChI=1S/C26H32N2O3/c1-18-7-6-8-19(2)27(18)25(29)17-31-23-15-13-22(14-16-23)26(30)28-20(3)11-12-21-9-4-5-10-24(21)28/h4-5,9-10,13-16,18-20H,6-8,11-12,17H2,1-3H3. The zero-order valence-corrected chi connectivity index (χ0v) is 18.7. The number of hydrogen-bond donors (Lipinski definition) is 0. The van der Waals surface area contributed by atoms with Crippen molar-refractivity contribution in [3.05, 3.63) is 59.7 Å². The van der Waals surface area contributed by atoms with Crippen LogP contribution in [-0.2, 0) is 11.2 Å². The van der Waals surface area contributed by atoms with E-state index in [-0.39, 0.29) is 36.5 Å². The number of benzene rings is 2. The van der Waals surface area contributed by atoms with Crippen molar-refractivity contribution in [3.8, 4) is 5.75 Å². The predicted molar refractivity (Wildman–Crippen MR) is 123 cm³/mol. The van der Waals surface area contributed by atoms with E-state index in [1.807, 2.05) is 28.0 Å². The van der Waals surface area contributed by atoms with Gasteiger partial charge in [-0.2, -0.15) is 0 Å². The highest BCUT2D eigenvalue weighted by atomic mass is 16.5. The third-order valence-corrected chi connectivity index (χ3v) is 6.69. The van der Waals surface area contributed by atoms with Gasteiger partial charge >= 0.3 is 0 Å². The molecule has 31 heavy (non-hydrogen) atoms. The van der Waals surface area contributed by atoms with Crippen LogP contribution in [0, 0.1) is 0 Å². The van der Waals surface area contributed by atoms with Gasteiger partial charge in [-0.1, -0.05) is 18.2 Å². The van der Waals surface area contributed by atoms with Crippen molar-refractivity contribution in [1.82, 2.24) is 4.90 Å².